The number of ketones is 1. The highest BCUT2D eigenvalue weighted by Gasteiger charge is 2.38. The van der Waals surface area contributed by atoms with E-state index < -0.39 is 0 Å². The highest BCUT2D eigenvalue weighted by atomic mass is 79.9. The van der Waals surface area contributed by atoms with Crippen molar-refractivity contribution < 1.29 is 4.79 Å². The minimum atomic E-state index is -0.302. The maximum absolute atomic E-state index is 12.7. The number of carbonyl (C=O) groups is 1. The van der Waals surface area contributed by atoms with Gasteiger partial charge in [-0.15, -0.1) is 11.3 Å². The lowest BCUT2D eigenvalue weighted by Gasteiger charge is -2.29. The summed E-state index contributed by atoms with van der Waals surface area (Å²) in [5, 5.41) is 1.96. The number of carbonyl (C=O) groups excluding carboxylic acids is 1. The molecular weight excluding hydrogens is 298 g/mol. The molecule has 1 heterocycles. The summed E-state index contributed by atoms with van der Waals surface area (Å²) in [4.78, 5) is 13.5. The summed E-state index contributed by atoms with van der Waals surface area (Å²) >= 11 is 4.98. The Labute approximate surface area is 115 Å². The van der Waals surface area contributed by atoms with Crippen molar-refractivity contribution in [1.82, 2.24) is 0 Å². The molecule has 0 amide bonds. The van der Waals surface area contributed by atoms with Gasteiger partial charge in [-0.1, -0.05) is 25.7 Å². The first-order chi connectivity index (χ1) is 8.19. The molecule has 17 heavy (non-hydrogen) atoms. The Balaban J connectivity index is 2.28. The van der Waals surface area contributed by atoms with E-state index in [2.05, 4.69) is 15.9 Å². The highest BCUT2D eigenvalue weighted by molar-refractivity contribution is 9.10. The predicted molar refractivity (Wildman–Crippen MR) is 75.5 cm³/mol. The van der Waals surface area contributed by atoms with Crippen LogP contribution < -0.4 is 5.73 Å². The number of hydrogen-bond donors (Lipinski definition) is 1. The second-order valence-corrected chi connectivity index (χ2v) is 6.60. The first kappa shape index (κ1) is 13.2. The molecule has 1 fully saturated rings. The third-order valence-electron chi connectivity index (χ3n) is 3.76. The van der Waals surface area contributed by atoms with Crippen molar-refractivity contribution in [2.75, 3.05) is 6.54 Å². The van der Waals surface area contributed by atoms with Crippen LogP contribution in [0.3, 0.4) is 0 Å². The zero-order valence-electron chi connectivity index (χ0n) is 9.88. The molecule has 94 valence electrons. The zero-order valence-corrected chi connectivity index (χ0v) is 12.3. The second-order valence-electron chi connectivity index (χ2n) is 4.83. The first-order valence-corrected chi connectivity index (χ1v) is 7.85. The molecule has 4 heteroatoms. The van der Waals surface area contributed by atoms with Crippen molar-refractivity contribution in [2.24, 2.45) is 11.1 Å². The van der Waals surface area contributed by atoms with Gasteiger partial charge in [0.1, 0.15) is 0 Å². The molecule has 1 aliphatic rings. The number of rotatable bonds is 3. The average molecular weight is 316 g/mol. The van der Waals surface area contributed by atoms with Crippen molar-refractivity contribution in [1.29, 1.82) is 0 Å². The Kier molecular flexibility index (Phi) is 4.39. The van der Waals surface area contributed by atoms with Gasteiger partial charge in [-0.05, 0) is 40.2 Å². The van der Waals surface area contributed by atoms with Crippen molar-refractivity contribution in [2.45, 2.75) is 38.5 Å². The van der Waals surface area contributed by atoms with Crippen LogP contribution in [0.4, 0.5) is 0 Å². The summed E-state index contributed by atoms with van der Waals surface area (Å²) in [7, 11) is 0. The van der Waals surface area contributed by atoms with Gasteiger partial charge in [0, 0.05) is 16.4 Å². The smallest absolute Gasteiger partial charge is 0.181 e. The van der Waals surface area contributed by atoms with Crippen molar-refractivity contribution in [3.05, 3.63) is 20.8 Å². The lowest BCUT2D eigenvalue weighted by Crippen LogP contribution is -2.38. The highest BCUT2D eigenvalue weighted by Crippen LogP contribution is 2.39. The van der Waals surface area contributed by atoms with Crippen LogP contribution in [0.1, 0.15) is 48.2 Å². The topological polar surface area (TPSA) is 43.1 Å². The van der Waals surface area contributed by atoms with Crippen molar-refractivity contribution in [3.8, 4) is 0 Å². The van der Waals surface area contributed by atoms with E-state index in [-0.39, 0.29) is 11.2 Å². The van der Waals surface area contributed by atoms with Gasteiger partial charge in [0.25, 0.3) is 0 Å². The summed E-state index contributed by atoms with van der Waals surface area (Å²) in [6.45, 7) is 0.482. The molecule has 0 aromatic carbocycles. The SMILES string of the molecule is NCC1(C(=O)c2sccc2Br)CCCCCC1. The molecule has 1 aromatic rings. The lowest BCUT2D eigenvalue weighted by molar-refractivity contribution is 0.0778. The number of Topliss-reactive ketones (excluding diaryl/α,β-unsaturated/α-hetero) is 1. The first-order valence-electron chi connectivity index (χ1n) is 6.17. The molecule has 2 rings (SSSR count). The molecule has 0 aliphatic heterocycles. The molecule has 1 aromatic heterocycles. The largest absolute Gasteiger partial charge is 0.329 e. The maximum Gasteiger partial charge on any atom is 0.181 e. The Hall–Kier alpha value is -0.190. The third-order valence-corrected chi connectivity index (χ3v) is 5.59. The van der Waals surface area contributed by atoms with E-state index in [1.54, 1.807) is 0 Å². The van der Waals surface area contributed by atoms with Crippen LogP contribution in [0.25, 0.3) is 0 Å². The van der Waals surface area contributed by atoms with Crippen molar-refractivity contribution in [3.63, 3.8) is 0 Å². The van der Waals surface area contributed by atoms with Crippen LogP contribution in [0.2, 0.25) is 0 Å². The van der Waals surface area contributed by atoms with Crippen LogP contribution in [-0.2, 0) is 0 Å². The molecule has 2 N–H and O–H groups in total. The van der Waals surface area contributed by atoms with Gasteiger partial charge in [0.05, 0.1) is 4.88 Å². The van der Waals surface area contributed by atoms with Crippen molar-refractivity contribution >= 4 is 33.0 Å². The Morgan fingerprint density at radius 3 is 2.47 bits per heavy atom. The molecule has 1 saturated carbocycles. The molecule has 0 radical (unpaired) electrons. The van der Waals surface area contributed by atoms with E-state index >= 15 is 0 Å². The number of thiophene rings is 1. The fourth-order valence-electron chi connectivity index (χ4n) is 2.63. The molecule has 2 nitrogen and oxygen atoms in total. The van der Waals surface area contributed by atoms with Crippen LogP contribution in [-0.4, -0.2) is 12.3 Å². The number of nitrogens with two attached hydrogens (primary N) is 1. The Bertz CT molecular complexity index is 394. The van der Waals surface area contributed by atoms with Crippen LogP contribution in [0.5, 0.6) is 0 Å². The van der Waals surface area contributed by atoms with Gasteiger partial charge in [-0.25, -0.2) is 0 Å². The van der Waals surface area contributed by atoms with Gasteiger partial charge < -0.3 is 5.73 Å². The molecule has 0 bridgehead atoms. The fraction of sp³-hybridized carbons (Fsp3) is 0.615. The molecule has 0 unspecified atom stereocenters. The van der Waals surface area contributed by atoms with Gasteiger partial charge >= 0.3 is 0 Å². The Morgan fingerprint density at radius 2 is 2.00 bits per heavy atom. The number of hydrogen-bond acceptors (Lipinski definition) is 3. The van der Waals surface area contributed by atoms with E-state index in [0.717, 1.165) is 35.0 Å². The monoisotopic (exact) mass is 315 g/mol. The Morgan fingerprint density at radius 1 is 1.35 bits per heavy atom. The van der Waals surface area contributed by atoms with Gasteiger partial charge in [0.2, 0.25) is 0 Å². The number of halogens is 1. The summed E-state index contributed by atoms with van der Waals surface area (Å²) in [5.41, 5.74) is 5.63. The summed E-state index contributed by atoms with van der Waals surface area (Å²) in [6.07, 6.45) is 6.64. The normalized spacial score (nSPS) is 19.9. The molecule has 1 aliphatic carbocycles. The standard InChI is InChI=1S/C13H18BrNOS/c14-10-5-8-17-11(10)12(16)13(9-15)6-3-1-2-4-7-13/h5,8H,1-4,6-7,9,15H2. The summed E-state index contributed by atoms with van der Waals surface area (Å²) < 4.78 is 0.921. The second kappa shape index (κ2) is 5.63. The summed E-state index contributed by atoms with van der Waals surface area (Å²) in [5.74, 6) is 0.253. The third kappa shape index (κ3) is 2.64. The molecule has 0 saturated heterocycles. The van der Waals surface area contributed by atoms with E-state index in [9.17, 15) is 4.79 Å². The van der Waals surface area contributed by atoms with Gasteiger partial charge in [-0.2, -0.15) is 0 Å². The van der Waals surface area contributed by atoms with E-state index in [1.165, 1.54) is 24.2 Å². The van der Waals surface area contributed by atoms with Gasteiger partial charge in [0.15, 0.2) is 5.78 Å². The van der Waals surface area contributed by atoms with Crippen LogP contribution in [0.15, 0.2) is 15.9 Å². The molecule has 0 spiro atoms. The van der Waals surface area contributed by atoms with Gasteiger partial charge in [-0.3, -0.25) is 4.79 Å². The fourth-order valence-corrected chi connectivity index (χ4v) is 4.24. The quantitative estimate of drug-likeness (QED) is 0.677. The minimum absolute atomic E-state index is 0.253. The van der Waals surface area contributed by atoms with Crippen LogP contribution >= 0.6 is 27.3 Å². The van der Waals surface area contributed by atoms with E-state index in [4.69, 9.17) is 5.73 Å². The summed E-state index contributed by atoms with van der Waals surface area (Å²) in [6, 6.07) is 1.94. The average Bonchev–Trinajstić information content (AvgIpc) is 2.64. The minimum Gasteiger partial charge on any atom is -0.329 e. The lowest BCUT2D eigenvalue weighted by atomic mass is 9.76. The van der Waals surface area contributed by atoms with Crippen LogP contribution in [0, 0.1) is 5.41 Å². The predicted octanol–water partition coefficient (Wildman–Crippen LogP) is 3.99. The molecular formula is C13H18BrNOS. The van der Waals surface area contributed by atoms with E-state index in [0.29, 0.717) is 6.54 Å². The van der Waals surface area contributed by atoms with E-state index in [1.807, 2.05) is 11.4 Å². The molecule has 0 atom stereocenters. The zero-order chi connectivity index (χ0) is 12.3. The maximum atomic E-state index is 12.7.